The van der Waals surface area contributed by atoms with Crippen molar-refractivity contribution in [1.29, 1.82) is 0 Å². The van der Waals surface area contributed by atoms with E-state index in [1.165, 1.54) is 24.4 Å². The van der Waals surface area contributed by atoms with Crippen molar-refractivity contribution in [2.45, 2.75) is 69.9 Å². The summed E-state index contributed by atoms with van der Waals surface area (Å²) in [6.45, 7) is 2.35. The molecule has 1 radical (unpaired) electrons. The van der Waals surface area contributed by atoms with E-state index in [4.69, 9.17) is 9.47 Å². The van der Waals surface area contributed by atoms with Gasteiger partial charge in [0.05, 0.1) is 20.8 Å². The molecule has 293 valence electrons. The van der Waals surface area contributed by atoms with Crippen LogP contribution in [0.25, 0.3) is 16.5 Å². The Morgan fingerprint density at radius 3 is 2.33 bits per heavy atom. The topological polar surface area (TPSA) is 182 Å². The van der Waals surface area contributed by atoms with E-state index in [2.05, 4.69) is 39.5 Å². The number of ether oxygens (including phenoxy) is 2. The van der Waals surface area contributed by atoms with Crippen LogP contribution in [0.3, 0.4) is 0 Å². The minimum Gasteiger partial charge on any atom is -0.879 e. The van der Waals surface area contributed by atoms with Gasteiger partial charge in [-0.3, -0.25) is 29.3 Å². The molecule has 2 aliphatic rings. The Kier molecular flexibility index (Phi) is 16.0. The summed E-state index contributed by atoms with van der Waals surface area (Å²) in [5.41, 5.74) is 3.88. The summed E-state index contributed by atoms with van der Waals surface area (Å²) in [7, 11) is 4.67. The maximum Gasteiger partial charge on any atom is 2.00 e. The van der Waals surface area contributed by atoms with Crippen LogP contribution >= 0.6 is 0 Å². The first kappa shape index (κ1) is 42.8. The molecule has 4 N–H and O–H groups in total. The van der Waals surface area contributed by atoms with Crippen molar-refractivity contribution >= 4 is 35.5 Å². The number of nitrogens with one attached hydrogen (secondary N) is 4. The predicted molar refractivity (Wildman–Crippen MR) is 206 cm³/mol. The van der Waals surface area contributed by atoms with Gasteiger partial charge in [0, 0.05) is 57.3 Å². The van der Waals surface area contributed by atoms with E-state index >= 15 is 0 Å². The van der Waals surface area contributed by atoms with Crippen LogP contribution in [0, 0.1) is 6.07 Å². The van der Waals surface area contributed by atoms with Crippen LogP contribution in [0.5, 0.6) is 11.5 Å². The van der Waals surface area contributed by atoms with Crippen LogP contribution in [0.4, 0.5) is 5.69 Å². The molecule has 3 heterocycles. The molecule has 3 aromatic rings. The zero-order valence-electron chi connectivity index (χ0n) is 31.5. The molecule has 0 bridgehead atoms. The minimum absolute atomic E-state index is 0. The molecule has 55 heavy (non-hydrogen) atoms. The molecule has 15 heteroatoms. The number of piperidine rings is 2. The fourth-order valence-electron chi connectivity index (χ4n) is 6.91. The summed E-state index contributed by atoms with van der Waals surface area (Å²) >= 11 is 0. The van der Waals surface area contributed by atoms with E-state index in [1.54, 1.807) is 25.4 Å². The van der Waals surface area contributed by atoms with Crippen molar-refractivity contribution in [1.82, 2.24) is 25.4 Å². The van der Waals surface area contributed by atoms with Crippen LogP contribution in [-0.4, -0.2) is 85.8 Å². The zero-order valence-corrected chi connectivity index (χ0v) is 32.7. The van der Waals surface area contributed by atoms with Gasteiger partial charge in [-0.15, -0.1) is 11.6 Å². The number of methoxy groups -OCH3 is 2. The average Bonchev–Trinajstić information content (AvgIpc) is 3.18. The predicted octanol–water partition coefficient (Wildman–Crippen LogP) is 3.24. The smallest absolute Gasteiger partial charge is 0.879 e. The second-order valence-corrected chi connectivity index (χ2v) is 13.7. The van der Waals surface area contributed by atoms with Crippen molar-refractivity contribution < 1.29 is 45.7 Å². The van der Waals surface area contributed by atoms with Crippen molar-refractivity contribution in [3.8, 4) is 22.6 Å². The first-order valence-corrected chi connectivity index (χ1v) is 18.4. The number of carbonyl (C=O) groups is 4. The number of aromatic nitrogens is 1. The molecule has 0 saturated carbocycles. The molecule has 5 rings (SSSR count). The Hall–Kier alpha value is -4.98. The van der Waals surface area contributed by atoms with Gasteiger partial charge in [-0.2, -0.15) is 0 Å². The van der Waals surface area contributed by atoms with Crippen LogP contribution < -0.4 is 36.3 Å². The number of rotatable bonds is 17. The Morgan fingerprint density at radius 2 is 1.69 bits per heavy atom. The van der Waals surface area contributed by atoms with Gasteiger partial charge in [-0.25, -0.2) is 5.56 Å². The molecular weight excluding hydrogens is 745 g/mol. The molecule has 2 saturated heterocycles. The van der Waals surface area contributed by atoms with Gasteiger partial charge in [0.2, 0.25) is 23.6 Å². The van der Waals surface area contributed by atoms with Crippen molar-refractivity contribution in [3.05, 3.63) is 81.1 Å². The van der Waals surface area contributed by atoms with Crippen LogP contribution in [-0.2, 0) is 49.8 Å². The maximum absolute atomic E-state index is 12.9. The van der Waals surface area contributed by atoms with Gasteiger partial charge in [-0.05, 0) is 74.0 Å². The van der Waals surface area contributed by atoms with Gasteiger partial charge in [0.15, 0.2) is 5.56 Å². The molecule has 2 aliphatic heterocycles. The summed E-state index contributed by atoms with van der Waals surface area (Å²) < 4.78 is 12.6. The standard InChI is InChI=1S/C40H49N7O7.Mn/c1-46-25-32(29(22-41)21-39(46)51)28-19-34(53-2)31(35(20-28)54-3)23-42-24-37(49)43-16-6-4-5-7-38(50)47-17-14-27(15-18-47)26-8-10-30(11-9-26)44-33-12-13-36(48)45-40(33)52;/h8-11,19-20,22,25,27,33,42,44H,4-7,12-18,23-24H2,1-3H3,(H,43,49)(H,45,48,52);/q-2;+2. The first-order valence-electron chi connectivity index (χ1n) is 18.4. The molecule has 4 amide bonds. The molecule has 1 unspecified atom stereocenters. The van der Waals surface area contributed by atoms with E-state index in [0.717, 1.165) is 57.1 Å². The Labute approximate surface area is 332 Å². The SMILES string of the molecule is COc1cc(-c2cn(C)c(=O)[c-]c2C=[N-])cc(OC)c1CNCC(=O)NCCCCCC(=O)N1CCC(c2ccc(NC3CCC(=O)NC3=O)cc2)CC1.[Mn+2]. The fourth-order valence-corrected chi connectivity index (χ4v) is 6.91. The first-order chi connectivity index (χ1) is 26.1. The summed E-state index contributed by atoms with van der Waals surface area (Å²) in [5, 5.41) is 21.3. The average molecular weight is 795 g/mol. The molecule has 1 atom stereocenters. The van der Waals surface area contributed by atoms with Crippen LogP contribution in [0.15, 0.2) is 47.4 Å². The third-order valence-corrected chi connectivity index (χ3v) is 10.0. The molecule has 14 nitrogen and oxygen atoms in total. The van der Waals surface area contributed by atoms with Crippen molar-refractivity contribution in [3.63, 3.8) is 0 Å². The number of anilines is 1. The normalized spacial score (nSPS) is 15.8. The second kappa shape index (κ2) is 20.6. The number of benzene rings is 2. The quantitative estimate of drug-likeness (QED) is 0.0525. The van der Waals surface area contributed by atoms with Gasteiger partial charge < -0.3 is 46.5 Å². The third-order valence-electron chi connectivity index (χ3n) is 10.0. The molecular formula is C40H49MnN7O7. The number of likely N-dealkylation sites (tertiary alicyclic amines) is 1. The molecule has 2 fully saturated rings. The third kappa shape index (κ3) is 11.5. The monoisotopic (exact) mass is 794 g/mol. The number of pyridine rings is 1. The number of hydrogen-bond donors (Lipinski definition) is 4. The van der Waals surface area contributed by atoms with E-state index in [1.807, 2.05) is 17.0 Å². The Bertz CT molecular complexity index is 1870. The number of hydrogen-bond acceptors (Lipinski definition) is 9. The largest absolute Gasteiger partial charge is 2.00 e. The van der Waals surface area contributed by atoms with Gasteiger partial charge in [0.1, 0.15) is 17.5 Å². The van der Waals surface area contributed by atoms with Gasteiger partial charge in [-0.1, -0.05) is 24.1 Å². The molecule has 0 spiro atoms. The van der Waals surface area contributed by atoms with Crippen molar-refractivity contribution in [2.75, 3.05) is 45.7 Å². The van der Waals surface area contributed by atoms with E-state index in [-0.39, 0.29) is 58.4 Å². The summed E-state index contributed by atoms with van der Waals surface area (Å²) in [6.07, 6.45) is 7.92. The second-order valence-electron chi connectivity index (χ2n) is 13.7. The number of carbonyl (C=O) groups excluding carboxylic acids is 4. The molecule has 0 aliphatic carbocycles. The number of amides is 4. The molecule has 1 aromatic heterocycles. The van der Waals surface area contributed by atoms with Crippen LogP contribution in [0.2, 0.25) is 0 Å². The minimum atomic E-state index is -0.411. The van der Waals surface area contributed by atoms with Crippen molar-refractivity contribution in [2.24, 2.45) is 7.05 Å². The van der Waals surface area contributed by atoms with Gasteiger partial charge in [0.25, 0.3) is 0 Å². The maximum atomic E-state index is 12.9. The zero-order chi connectivity index (χ0) is 38.6. The number of unbranched alkanes of at least 4 members (excludes halogenated alkanes) is 2. The van der Waals surface area contributed by atoms with Gasteiger partial charge >= 0.3 is 17.1 Å². The Balaban J connectivity index is 0.00000673. The number of aryl methyl sites for hydroxylation is 1. The fraction of sp³-hybridized carbons (Fsp3) is 0.450. The number of nitrogens with zero attached hydrogens (tertiary/aromatic N) is 3. The summed E-state index contributed by atoms with van der Waals surface area (Å²) in [4.78, 5) is 62.8. The van der Waals surface area contributed by atoms with Crippen LogP contribution in [0.1, 0.15) is 74.0 Å². The van der Waals surface area contributed by atoms with E-state index < -0.39 is 6.04 Å². The van der Waals surface area contributed by atoms with E-state index in [9.17, 15) is 29.4 Å². The van der Waals surface area contributed by atoms with E-state index in [0.29, 0.717) is 66.5 Å². The number of imide groups is 1. The summed E-state index contributed by atoms with van der Waals surface area (Å²) in [5.74, 6) is 0.909. The summed E-state index contributed by atoms with van der Waals surface area (Å²) in [6, 6.07) is 13.9. The Morgan fingerprint density at radius 1 is 1.00 bits per heavy atom. The molecule has 2 aromatic carbocycles.